The largest absolute Gasteiger partial charge is 0.508 e. The zero-order valence-corrected chi connectivity index (χ0v) is 10.0. The molecule has 0 amide bonds. The maximum atomic E-state index is 13.5. The number of hydrogen-bond acceptors (Lipinski definition) is 2. The Bertz CT molecular complexity index is 534. The molecule has 2 N–H and O–H groups in total. The topological polar surface area (TPSA) is 32.3 Å². The molecule has 0 saturated heterocycles. The zero-order valence-electron chi connectivity index (χ0n) is 9.25. The molecule has 0 aliphatic heterocycles. The molecule has 0 bridgehead atoms. The van der Waals surface area contributed by atoms with Crippen LogP contribution in [0, 0.1) is 11.6 Å². The van der Waals surface area contributed by atoms with Crippen LogP contribution in [-0.4, -0.2) is 5.11 Å². The predicted molar refractivity (Wildman–Crippen MR) is 66.8 cm³/mol. The van der Waals surface area contributed by atoms with Crippen molar-refractivity contribution in [3.8, 4) is 5.75 Å². The molecule has 0 aliphatic carbocycles. The fourth-order valence-electron chi connectivity index (χ4n) is 1.52. The summed E-state index contributed by atoms with van der Waals surface area (Å²) < 4.78 is 26.3. The van der Waals surface area contributed by atoms with Gasteiger partial charge in [0.25, 0.3) is 0 Å². The van der Waals surface area contributed by atoms with Crippen LogP contribution in [0.5, 0.6) is 5.75 Å². The molecule has 0 fully saturated rings. The van der Waals surface area contributed by atoms with Gasteiger partial charge in [0.2, 0.25) is 0 Å². The average molecular weight is 270 g/mol. The van der Waals surface area contributed by atoms with Crippen molar-refractivity contribution < 1.29 is 13.9 Å². The summed E-state index contributed by atoms with van der Waals surface area (Å²) in [6.45, 7) is 0.322. The van der Waals surface area contributed by atoms with E-state index in [2.05, 4.69) is 5.32 Å². The third-order valence-electron chi connectivity index (χ3n) is 2.41. The Morgan fingerprint density at radius 1 is 1.11 bits per heavy atom. The van der Waals surface area contributed by atoms with Gasteiger partial charge in [-0.1, -0.05) is 23.7 Å². The highest BCUT2D eigenvalue weighted by molar-refractivity contribution is 6.33. The summed E-state index contributed by atoms with van der Waals surface area (Å²) in [7, 11) is 0. The van der Waals surface area contributed by atoms with Crippen molar-refractivity contribution in [1.29, 1.82) is 0 Å². The van der Waals surface area contributed by atoms with Crippen molar-refractivity contribution in [2.45, 2.75) is 6.54 Å². The first-order valence-corrected chi connectivity index (χ1v) is 5.60. The molecule has 2 aromatic rings. The minimum Gasteiger partial charge on any atom is -0.508 e. The Morgan fingerprint density at radius 2 is 1.78 bits per heavy atom. The Morgan fingerprint density at radius 3 is 2.39 bits per heavy atom. The maximum Gasteiger partial charge on any atom is 0.150 e. The average Bonchev–Trinajstić information content (AvgIpc) is 2.30. The second kappa shape index (κ2) is 5.23. The van der Waals surface area contributed by atoms with E-state index in [-0.39, 0.29) is 16.5 Å². The van der Waals surface area contributed by atoms with E-state index >= 15 is 0 Å². The van der Waals surface area contributed by atoms with Crippen LogP contribution in [0.2, 0.25) is 5.02 Å². The van der Waals surface area contributed by atoms with Gasteiger partial charge in [-0.2, -0.15) is 0 Å². The van der Waals surface area contributed by atoms with Crippen molar-refractivity contribution in [2.75, 3.05) is 5.32 Å². The lowest BCUT2D eigenvalue weighted by Gasteiger charge is -2.09. The van der Waals surface area contributed by atoms with Crippen LogP contribution in [0.15, 0.2) is 36.4 Å². The van der Waals surface area contributed by atoms with E-state index in [9.17, 15) is 8.78 Å². The molecule has 0 saturated carbocycles. The standard InChI is InChI=1S/C13H10ClF2NO/c14-11-5-9(15)6-12(16)13(11)17-7-8-1-3-10(18)4-2-8/h1-6,17-18H,7H2. The predicted octanol–water partition coefficient (Wildman–Crippen LogP) is 3.94. The quantitative estimate of drug-likeness (QED) is 0.885. The molecule has 0 heterocycles. The van der Waals surface area contributed by atoms with E-state index in [1.807, 2.05) is 0 Å². The zero-order chi connectivity index (χ0) is 13.1. The van der Waals surface area contributed by atoms with E-state index in [1.165, 1.54) is 12.1 Å². The summed E-state index contributed by atoms with van der Waals surface area (Å²) >= 11 is 5.74. The third-order valence-corrected chi connectivity index (χ3v) is 2.71. The normalized spacial score (nSPS) is 10.4. The van der Waals surface area contributed by atoms with Crippen LogP contribution >= 0.6 is 11.6 Å². The number of hydrogen-bond donors (Lipinski definition) is 2. The molecule has 5 heteroatoms. The molecule has 0 aromatic heterocycles. The molecule has 0 aliphatic rings. The van der Waals surface area contributed by atoms with Gasteiger partial charge in [-0.05, 0) is 23.8 Å². The molecule has 2 rings (SSSR count). The number of phenols is 1. The van der Waals surface area contributed by atoms with Crippen LogP contribution in [0.4, 0.5) is 14.5 Å². The molecule has 2 aromatic carbocycles. The SMILES string of the molecule is Oc1ccc(CNc2c(F)cc(F)cc2Cl)cc1. The molecule has 2 nitrogen and oxygen atoms in total. The van der Waals surface area contributed by atoms with E-state index in [0.29, 0.717) is 6.54 Å². The Hall–Kier alpha value is -1.81. The first-order valence-electron chi connectivity index (χ1n) is 5.22. The summed E-state index contributed by atoms with van der Waals surface area (Å²) in [5, 5.41) is 11.9. The van der Waals surface area contributed by atoms with Crippen LogP contribution in [0.25, 0.3) is 0 Å². The Kier molecular flexibility index (Phi) is 3.67. The van der Waals surface area contributed by atoms with Crippen molar-refractivity contribution in [3.05, 3.63) is 58.6 Å². The summed E-state index contributed by atoms with van der Waals surface area (Å²) in [4.78, 5) is 0. The molecule has 0 atom stereocenters. The second-order valence-corrected chi connectivity index (χ2v) is 4.17. The molecular weight excluding hydrogens is 260 g/mol. The Balaban J connectivity index is 2.13. The van der Waals surface area contributed by atoms with Gasteiger partial charge in [-0.3, -0.25) is 0 Å². The van der Waals surface area contributed by atoms with Gasteiger partial charge in [0.05, 0.1) is 10.7 Å². The fourth-order valence-corrected chi connectivity index (χ4v) is 1.78. The van der Waals surface area contributed by atoms with Crippen molar-refractivity contribution >= 4 is 17.3 Å². The number of aromatic hydroxyl groups is 1. The monoisotopic (exact) mass is 269 g/mol. The van der Waals surface area contributed by atoms with Gasteiger partial charge in [-0.15, -0.1) is 0 Å². The number of phenolic OH excluding ortho intramolecular Hbond substituents is 1. The molecule has 0 unspecified atom stereocenters. The van der Waals surface area contributed by atoms with Gasteiger partial charge in [0.1, 0.15) is 11.6 Å². The van der Waals surface area contributed by atoms with E-state index in [0.717, 1.165) is 17.7 Å². The van der Waals surface area contributed by atoms with Crippen LogP contribution in [0.3, 0.4) is 0 Å². The maximum absolute atomic E-state index is 13.5. The van der Waals surface area contributed by atoms with E-state index < -0.39 is 11.6 Å². The number of nitrogens with one attached hydrogen (secondary N) is 1. The van der Waals surface area contributed by atoms with Crippen LogP contribution < -0.4 is 5.32 Å². The number of halogens is 3. The lowest BCUT2D eigenvalue weighted by atomic mass is 10.2. The summed E-state index contributed by atoms with van der Waals surface area (Å²) in [5.41, 5.74) is 0.902. The molecule has 18 heavy (non-hydrogen) atoms. The molecule has 0 spiro atoms. The molecular formula is C13H10ClF2NO. The second-order valence-electron chi connectivity index (χ2n) is 3.76. The highest BCUT2D eigenvalue weighted by Crippen LogP contribution is 2.26. The molecule has 94 valence electrons. The van der Waals surface area contributed by atoms with Crippen LogP contribution in [-0.2, 0) is 6.54 Å². The first kappa shape index (κ1) is 12.6. The first-order chi connectivity index (χ1) is 8.56. The molecule has 0 radical (unpaired) electrons. The highest BCUT2D eigenvalue weighted by Gasteiger charge is 2.09. The number of rotatable bonds is 3. The summed E-state index contributed by atoms with van der Waals surface area (Å²) in [6, 6.07) is 8.25. The van der Waals surface area contributed by atoms with Crippen molar-refractivity contribution in [3.63, 3.8) is 0 Å². The minimum absolute atomic E-state index is 0.00808. The van der Waals surface area contributed by atoms with E-state index in [4.69, 9.17) is 16.7 Å². The third kappa shape index (κ3) is 2.90. The van der Waals surface area contributed by atoms with Crippen molar-refractivity contribution in [2.24, 2.45) is 0 Å². The van der Waals surface area contributed by atoms with Gasteiger partial charge >= 0.3 is 0 Å². The smallest absolute Gasteiger partial charge is 0.150 e. The van der Waals surface area contributed by atoms with Gasteiger partial charge < -0.3 is 10.4 Å². The summed E-state index contributed by atoms with van der Waals surface area (Å²) in [6.07, 6.45) is 0. The van der Waals surface area contributed by atoms with Gasteiger partial charge in [-0.25, -0.2) is 8.78 Å². The van der Waals surface area contributed by atoms with Gasteiger partial charge in [0, 0.05) is 12.6 Å². The summed E-state index contributed by atoms with van der Waals surface area (Å²) in [5.74, 6) is -1.30. The highest BCUT2D eigenvalue weighted by atomic mass is 35.5. The number of benzene rings is 2. The number of anilines is 1. The lowest BCUT2D eigenvalue weighted by Crippen LogP contribution is -2.02. The van der Waals surface area contributed by atoms with Gasteiger partial charge in [0.15, 0.2) is 5.82 Å². The van der Waals surface area contributed by atoms with Crippen LogP contribution in [0.1, 0.15) is 5.56 Å². The van der Waals surface area contributed by atoms with E-state index in [1.54, 1.807) is 12.1 Å². The van der Waals surface area contributed by atoms with Crippen molar-refractivity contribution in [1.82, 2.24) is 0 Å². The lowest BCUT2D eigenvalue weighted by molar-refractivity contribution is 0.475. The Labute approximate surface area is 108 Å². The fraction of sp³-hybridized carbons (Fsp3) is 0.0769. The minimum atomic E-state index is -0.737.